The molecule has 19 heavy (non-hydrogen) atoms. The van der Waals surface area contributed by atoms with Gasteiger partial charge in [-0.15, -0.1) is 11.8 Å². The van der Waals surface area contributed by atoms with Gasteiger partial charge < -0.3 is 5.32 Å². The van der Waals surface area contributed by atoms with Gasteiger partial charge in [-0.25, -0.2) is 9.97 Å². The Bertz CT molecular complexity index is 570. The SMILES string of the molecule is Clc1nc2ccccc2nc1SC[C@H]1CCCNC1. The molecule has 1 fully saturated rings. The Kier molecular flexibility index (Phi) is 4.21. The zero-order valence-corrected chi connectivity index (χ0v) is 12.2. The summed E-state index contributed by atoms with van der Waals surface area (Å²) in [7, 11) is 0. The number of hydrogen-bond donors (Lipinski definition) is 1. The molecule has 1 atom stereocenters. The summed E-state index contributed by atoms with van der Waals surface area (Å²) in [5, 5.41) is 4.81. The third kappa shape index (κ3) is 3.19. The molecule has 5 heteroatoms. The molecule has 2 heterocycles. The van der Waals surface area contributed by atoms with E-state index in [0.29, 0.717) is 11.1 Å². The van der Waals surface area contributed by atoms with Gasteiger partial charge in [0.05, 0.1) is 11.0 Å². The lowest BCUT2D eigenvalue weighted by Crippen LogP contribution is -2.30. The van der Waals surface area contributed by atoms with E-state index < -0.39 is 0 Å². The zero-order valence-electron chi connectivity index (χ0n) is 10.6. The summed E-state index contributed by atoms with van der Waals surface area (Å²) in [5.41, 5.74) is 1.77. The molecule has 1 saturated heterocycles. The summed E-state index contributed by atoms with van der Waals surface area (Å²) in [5.74, 6) is 1.77. The maximum absolute atomic E-state index is 6.21. The van der Waals surface area contributed by atoms with Gasteiger partial charge in [-0.05, 0) is 44.0 Å². The van der Waals surface area contributed by atoms with Crippen molar-refractivity contribution < 1.29 is 0 Å². The van der Waals surface area contributed by atoms with Crippen molar-refractivity contribution >= 4 is 34.4 Å². The molecule has 0 aliphatic carbocycles. The number of nitrogens with zero attached hydrogens (tertiary/aromatic N) is 2. The monoisotopic (exact) mass is 293 g/mol. The molecule has 100 valence electrons. The van der Waals surface area contributed by atoms with Gasteiger partial charge in [-0.3, -0.25) is 0 Å². The Morgan fingerprint density at radius 2 is 2.05 bits per heavy atom. The lowest BCUT2D eigenvalue weighted by atomic mass is 10.0. The van der Waals surface area contributed by atoms with Crippen LogP contribution in [-0.2, 0) is 0 Å². The molecule has 0 radical (unpaired) electrons. The van der Waals surface area contributed by atoms with Gasteiger partial charge in [0.2, 0.25) is 0 Å². The van der Waals surface area contributed by atoms with Crippen molar-refractivity contribution in [3.8, 4) is 0 Å². The molecular formula is C14H16ClN3S. The fraction of sp³-hybridized carbons (Fsp3) is 0.429. The van der Waals surface area contributed by atoms with Crippen molar-refractivity contribution in [1.82, 2.24) is 15.3 Å². The van der Waals surface area contributed by atoms with E-state index in [9.17, 15) is 0 Å². The second-order valence-corrected chi connectivity index (χ2v) is 6.20. The minimum Gasteiger partial charge on any atom is -0.316 e. The maximum atomic E-state index is 6.21. The van der Waals surface area contributed by atoms with Gasteiger partial charge in [-0.1, -0.05) is 23.7 Å². The summed E-state index contributed by atoms with van der Waals surface area (Å²) in [6.45, 7) is 2.25. The van der Waals surface area contributed by atoms with Crippen molar-refractivity contribution in [3.63, 3.8) is 0 Å². The number of hydrogen-bond acceptors (Lipinski definition) is 4. The predicted octanol–water partition coefficient (Wildman–Crippen LogP) is 3.37. The molecule has 1 aliphatic heterocycles. The molecule has 1 N–H and O–H groups in total. The molecule has 0 unspecified atom stereocenters. The van der Waals surface area contributed by atoms with Crippen LogP contribution >= 0.6 is 23.4 Å². The quantitative estimate of drug-likeness (QED) is 0.881. The Labute approximate surface area is 122 Å². The smallest absolute Gasteiger partial charge is 0.161 e. The van der Waals surface area contributed by atoms with Crippen molar-refractivity contribution in [2.45, 2.75) is 17.9 Å². The molecule has 1 aromatic heterocycles. The average molecular weight is 294 g/mol. The molecule has 0 spiro atoms. The second-order valence-electron chi connectivity index (χ2n) is 4.83. The highest BCUT2D eigenvalue weighted by Gasteiger charge is 2.15. The number of rotatable bonds is 3. The number of fused-ring (bicyclic) bond motifs is 1. The number of thioether (sulfide) groups is 1. The van der Waals surface area contributed by atoms with Crippen LogP contribution in [0.3, 0.4) is 0 Å². The van der Waals surface area contributed by atoms with E-state index in [-0.39, 0.29) is 0 Å². The molecular weight excluding hydrogens is 278 g/mol. The number of piperidine rings is 1. The first-order valence-electron chi connectivity index (χ1n) is 6.59. The first kappa shape index (κ1) is 13.2. The van der Waals surface area contributed by atoms with Crippen LogP contribution in [0, 0.1) is 5.92 Å². The lowest BCUT2D eigenvalue weighted by Gasteiger charge is -2.22. The molecule has 2 aromatic rings. The third-order valence-corrected chi connectivity index (χ3v) is 4.93. The van der Waals surface area contributed by atoms with Crippen molar-refractivity contribution in [1.29, 1.82) is 0 Å². The van der Waals surface area contributed by atoms with Gasteiger partial charge in [0.15, 0.2) is 5.15 Å². The van der Waals surface area contributed by atoms with E-state index in [2.05, 4.69) is 15.3 Å². The fourth-order valence-electron chi connectivity index (χ4n) is 2.32. The van der Waals surface area contributed by atoms with Gasteiger partial charge in [0.25, 0.3) is 0 Å². The largest absolute Gasteiger partial charge is 0.316 e. The van der Waals surface area contributed by atoms with Crippen molar-refractivity contribution in [3.05, 3.63) is 29.4 Å². The van der Waals surface area contributed by atoms with Crippen LogP contribution in [-0.4, -0.2) is 28.8 Å². The second kappa shape index (κ2) is 6.07. The van der Waals surface area contributed by atoms with Gasteiger partial charge in [0.1, 0.15) is 5.03 Å². The van der Waals surface area contributed by atoms with E-state index in [4.69, 9.17) is 11.6 Å². The standard InChI is InChI=1S/C14H16ClN3S/c15-13-14(19-9-10-4-3-7-16-8-10)18-12-6-2-1-5-11(12)17-13/h1-2,5-6,10,16H,3-4,7-9H2/t10-/m0/s1. The summed E-state index contributed by atoms with van der Waals surface area (Å²) >= 11 is 7.93. The lowest BCUT2D eigenvalue weighted by molar-refractivity contribution is 0.410. The van der Waals surface area contributed by atoms with Crippen LogP contribution in [0.25, 0.3) is 11.0 Å². The van der Waals surface area contributed by atoms with Gasteiger partial charge >= 0.3 is 0 Å². The molecule has 3 rings (SSSR count). The predicted molar refractivity (Wildman–Crippen MR) is 80.9 cm³/mol. The van der Waals surface area contributed by atoms with E-state index in [0.717, 1.165) is 34.9 Å². The number of halogens is 1. The number of benzene rings is 1. The minimum atomic E-state index is 0.521. The average Bonchev–Trinajstić information content (AvgIpc) is 2.46. The number of para-hydroxylation sites is 2. The Morgan fingerprint density at radius 3 is 2.79 bits per heavy atom. The molecule has 0 amide bonds. The molecule has 1 aliphatic rings. The van der Waals surface area contributed by atoms with E-state index >= 15 is 0 Å². The Morgan fingerprint density at radius 1 is 1.26 bits per heavy atom. The molecule has 3 nitrogen and oxygen atoms in total. The first-order valence-corrected chi connectivity index (χ1v) is 7.95. The Hall–Kier alpha value is -0.840. The van der Waals surface area contributed by atoms with Crippen LogP contribution in [0.5, 0.6) is 0 Å². The summed E-state index contributed by atoms with van der Waals surface area (Å²) in [6, 6.07) is 7.84. The van der Waals surface area contributed by atoms with E-state index in [1.807, 2.05) is 24.3 Å². The van der Waals surface area contributed by atoms with Crippen LogP contribution in [0.2, 0.25) is 5.15 Å². The summed E-state index contributed by atoms with van der Waals surface area (Å²) in [6.07, 6.45) is 2.56. The fourth-order valence-corrected chi connectivity index (χ4v) is 3.62. The van der Waals surface area contributed by atoms with Crippen LogP contribution < -0.4 is 5.32 Å². The van der Waals surface area contributed by atoms with Crippen LogP contribution in [0.4, 0.5) is 0 Å². The molecule has 0 bridgehead atoms. The van der Waals surface area contributed by atoms with Crippen molar-refractivity contribution in [2.75, 3.05) is 18.8 Å². The van der Waals surface area contributed by atoms with Crippen molar-refractivity contribution in [2.24, 2.45) is 5.92 Å². The normalized spacial score (nSPS) is 19.7. The number of aromatic nitrogens is 2. The van der Waals surface area contributed by atoms with E-state index in [1.54, 1.807) is 11.8 Å². The minimum absolute atomic E-state index is 0.521. The van der Waals surface area contributed by atoms with Crippen LogP contribution in [0.1, 0.15) is 12.8 Å². The molecule has 1 aromatic carbocycles. The first-order chi connectivity index (χ1) is 9.33. The van der Waals surface area contributed by atoms with Gasteiger partial charge in [-0.2, -0.15) is 0 Å². The summed E-state index contributed by atoms with van der Waals surface area (Å²) < 4.78 is 0. The number of nitrogens with one attached hydrogen (secondary N) is 1. The van der Waals surface area contributed by atoms with Gasteiger partial charge in [0, 0.05) is 5.75 Å². The highest BCUT2D eigenvalue weighted by Crippen LogP contribution is 2.28. The topological polar surface area (TPSA) is 37.8 Å². The highest BCUT2D eigenvalue weighted by atomic mass is 35.5. The highest BCUT2D eigenvalue weighted by molar-refractivity contribution is 7.99. The maximum Gasteiger partial charge on any atom is 0.161 e. The van der Waals surface area contributed by atoms with E-state index in [1.165, 1.54) is 12.8 Å². The zero-order chi connectivity index (χ0) is 13.1. The third-order valence-electron chi connectivity index (χ3n) is 3.35. The van der Waals surface area contributed by atoms with Crippen LogP contribution in [0.15, 0.2) is 29.3 Å². The Balaban J connectivity index is 1.74. The molecule has 0 saturated carbocycles. The summed E-state index contributed by atoms with van der Waals surface area (Å²) in [4.78, 5) is 9.01.